The highest BCUT2D eigenvalue weighted by Crippen LogP contribution is 1.98. The van der Waals surface area contributed by atoms with Crippen molar-refractivity contribution in [2.75, 3.05) is 13.1 Å². The number of unbranched alkanes of at least 4 members (excludes halogenated alkanes) is 3. The standard InChI is InChI=1S/C10H24N2O2/c1-9(13)11-7-5-3-4-6-8-12-10(2)14/h9-14H,3-8H2,1-2H3. The second-order valence-corrected chi connectivity index (χ2v) is 3.67. The number of hydrogen-bond acceptors (Lipinski definition) is 4. The molecule has 4 N–H and O–H groups in total. The van der Waals surface area contributed by atoms with Crippen LogP contribution in [-0.2, 0) is 0 Å². The van der Waals surface area contributed by atoms with Crippen LogP contribution in [0.1, 0.15) is 39.5 Å². The molecule has 0 bridgehead atoms. The van der Waals surface area contributed by atoms with Crippen molar-refractivity contribution in [3.05, 3.63) is 0 Å². The van der Waals surface area contributed by atoms with E-state index in [9.17, 15) is 0 Å². The van der Waals surface area contributed by atoms with Crippen molar-refractivity contribution in [1.82, 2.24) is 10.6 Å². The van der Waals surface area contributed by atoms with Gasteiger partial charge in [0.25, 0.3) is 0 Å². The van der Waals surface area contributed by atoms with Gasteiger partial charge >= 0.3 is 0 Å². The van der Waals surface area contributed by atoms with Gasteiger partial charge in [-0.25, -0.2) is 0 Å². The number of rotatable bonds is 9. The molecule has 0 saturated carbocycles. The van der Waals surface area contributed by atoms with Gasteiger partial charge in [0.1, 0.15) is 12.5 Å². The van der Waals surface area contributed by atoms with Gasteiger partial charge in [-0.05, 0) is 39.8 Å². The van der Waals surface area contributed by atoms with Crippen LogP contribution in [0.25, 0.3) is 0 Å². The van der Waals surface area contributed by atoms with Crippen molar-refractivity contribution < 1.29 is 10.2 Å². The molecule has 0 aromatic carbocycles. The lowest BCUT2D eigenvalue weighted by Crippen LogP contribution is -2.26. The van der Waals surface area contributed by atoms with Crippen molar-refractivity contribution in [3.63, 3.8) is 0 Å². The van der Waals surface area contributed by atoms with Gasteiger partial charge in [-0.2, -0.15) is 0 Å². The molecule has 0 aliphatic rings. The van der Waals surface area contributed by atoms with Crippen LogP contribution in [0, 0.1) is 0 Å². The van der Waals surface area contributed by atoms with Crippen LogP contribution in [0.4, 0.5) is 0 Å². The Bertz CT molecular complexity index is 105. The fourth-order valence-electron chi connectivity index (χ4n) is 1.23. The normalized spacial score (nSPS) is 15.4. The highest BCUT2D eigenvalue weighted by atomic mass is 16.3. The summed E-state index contributed by atoms with van der Waals surface area (Å²) in [6.07, 6.45) is 3.74. The van der Waals surface area contributed by atoms with E-state index in [1.54, 1.807) is 13.8 Å². The first-order valence-corrected chi connectivity index (χ1v) is 5.46. The first-order chi connectivity index (χ1) is 6.63. The summed E-state index contributed by atoms with van der Waals surface area (Å²) < 4.78 is 0. The molecule has 0 spiro atoms. The summed E-state index contributed by atoms with van der Waals surface area (Å²) in [6.45, 7) is 5.21. The molecule has 0 aromatic heterocycles. The zero-order valence-electron chi connectivity index (χ0n) is 9.29. The SMILES string of the molecule is CC(O)NCCCCCCNC(C)O. The summed E-state index contributed by atoms with van der Waals surface area (Å²) in [7, 11) is 0. The van der Waals surface area contributed by atoms with Crippen molar-refractivity contribution in [3.8, 4) is 0 Å². The van der Waals surface area contributed by atoms with Gasteiger partial charge in [0, 0.05) is 0 Å². The summed E-state index contributed by atoms with van der Waals surface area (Å²) in [5, 5.41) is 23.7. The maximum atomic E-state index is 8.91. The zero-order chi connectivity index (χ0) is 10.8. The Labute approximate surface area is 86.7 Å². The second kappa shape index (κ2) is 9.40. The van der Waals surface area contributed by atoms with E-state index in [4.69, 9.17) is 10.2 Å². The Hall–Kier alpha value is -0.160. The molecule has 0 saturated heterocycles. The van der Waals surface area contributed by atoms with Crippen molar-refractivity contribution in [2.24, 2.45) is 0 Å². The van der Waals surface area contributed by atoms with Crippen molar-refractivity contribution in [2.45, 2.75) is 52.0 Å². The van der Waals surface area contributed by atoms with E-state index in [1.165, 1.54) is 12.8 Å². The van der Waals surface area contributed by atoms with E-state index in [1.807, 2.05) is 0 Å². The van der Waals surface area contributed by atoms with Gasteiger partial charge in [0.2, 0.25) is 0 Å². The van der Waals surface area contributed by atoms with Crippen LogP contribution < -0.4 is 10.6 Å². The molecular formula is C10H24N2O2. The van der Waals surface area contributed by atoms with E-state index in [-0.39, 0.29) is 0 Å². The van der Waals surface area contributed by atoms with Crippen LogP contribution in [0.2, 0.25) is 0 Å². The molecule has 14 heavy (non-hydrogen) atoms. The summed E-state index contributed by atoms with van der Waals surface area (Å²) >= 11 is 0. The topological polar surface area (TPSA) is 64.5 Å². The van der Waals surface area contributed by atoms with Gasteiger partial charge in [-0.15, -0.1) is 0 Å². The van der Waals surface area contributed by atoms with Crippen LogP contribution in [0.15, 0.2) is 0 Å². The summed E-state index contributed by atoms with van der Waals surface area (Å²) in [5.74, 6) is 0. The van der Waals surface area contributed by atoms with Crippen LogP contribution >= 0.6 is 0 Å². The quantitative estimate of drug-likeness (QED) is 0.324. The molecule has 86 valence electrons. The lowest BCUT2D eigenvalue weighted by atomic mass is 10.2. The number of aliphatic hydroxyl groups is 2. The van der Waals surface area contributed by atoms with E-state index in [0.717, 1.165) is 25.9 Å². The summed E-state index contributed by atoms with van der Waals surface area (Å²) in [6, 6.07) is 0. The van der Waals surface area contributed by atoms with E-state index in [2.05, 4.69) is 10.6 Å². The molecule has 0 aliphatic carbocycles. The highest BCUT2D eigenvalue weighted by molar-refractivity contribution is 4.51. The zero-order valence-corrected chi connectivity index (χ0v) is 9.29. The molecule has 2 atom stereocenters. The maximum Gasteiger partial charge on any atom is 0.102 e. The fraction of sp³-hybridized carbons (Fsp3) is 1.00. The van der Waals surface area contributed by atoms with Gasteiger partial charge in [0.15, 0.2) is 0 Å². The molecule has 0 aliphatic heterocycles. The largest absolute Gasteiger partial charge is 0.379 e. The van der Waals surface area contributed by atoms with Crippen LogP contribution in [-0.4, -0.2) is 35.8 Å². The molecule has 4 nitrogen and oxygen atoms in total. The number of aliphatic hydroxyl groups excluding tert-OH is 2. The summed E-state index contributed by atoms with van der Waals surface area (Å²) in [4.78, 5) is 0. The molecular weight excluding hydrogens is 180 g/mol. The van der Waals surface area contributed by atoms with Gasteiger partial charge in [-0.3, -0.25) is 10.6 Å². The molecule has 0 aromatic rings. The van der Waals surface area contributed by atoms with Crippen LogP contribution in [0.3, 0.4) is 0 Å². The van der Waals surface area contributed by atoms with Gasteiger partial charge < -0.3 is 10.2 Å². The Morgan fingerprint density at radius 2 is 1.14 bits per heavy atom. The Balaban J connectivity index is 2.92. The Kier molecular flexibility index (Phi) is 9.29. The fourth-order valence-corrected chi connectivity index (χ4v) is 1.23. The van der Waals surface area contributed by atoms with E-state index < -0.39 is 12.5 Å². The minimum atomic E-state index is -0.396. The molecule has 0 radical (unpaired) electrons. The molecule has 0 amide bonds. The minimum absolute atomic E-state index is 0.396. The first kappa shape index (κ1) is 13.8. The average Bonchev–Trinajstić information content (AvgIpc) is 2.08. The third kappa shape index (κ3) is 11.8. The lowest BCUT2D eigenvalue weighted by molar-refractivity contribution is 0.154. The third-order valence-corrected chi connectivity index (χ3v) is 1.98. The maximum absolute atomic E-state index is 8.91. The summed E-state index contributed by atoms with van der Waals surface area (Å²) in [5.41, 5.74) is 0. The third-order valence-electron chi connectivity index (χ3n) is 1.98. The molecule has 0 heterocycles. The Morgan fingerprint density at radius 1 is 0.786 bits per heavy atom. The lowest BCUT2D eigenvalue weighted by Gasteiger charge is -2.08. The molecule has 0 rings (SSSR count). The molecule has 0 fully saturated rings. The second-order valence-electron chi connectivity index (χ2n) is 3.67. The number of nitrogens with one attached hydrogen (secondary N) is 2. The highest BCUT2D eigenvalue weighted by Gasteiger charge is 1.95. The minimum Gasteiger partial charge on any atom is -0.379 e. The smallest absolute Gasteiger partial charge is 0.102 e. The van der Waals surface area contributed by atoms with Crippen molar-refractivity contribution in [1.29, 1.82) is 0 Å². The molecule has 4 heteroatoms. The monoisotopic (exact) mass is 204 g/mol. The van der Waals surface area contributed by atoms with E-state index in [0.29, 0.717) is 0 Å². The number of hydrogen-bond donors (Lipinski definition) is 4. The predicted octanol–water partition coefficient (Wildman–Crippen LogP) is 0.403. The average molecular weight is 204 g/mol. The van der Waals surface area contributed by atoms with Gasteiger partial charge in [-0.1, -0.05) is 12.8 Å². The predicted molar refractivity (Wildman–Crippen MR) is 57.8 cm³/mol. The van der Waals surface area contributed by atoms with Gasteiger partial charge in [0.05, 0.1) is 0 Å². The van der Waals surface area contributed by atoms with Crippen molar-refractivity contribution >= 4 is 0 Å². The Morgan fingerprint density at radius 3 is 1.43 bits per heavy atom. The van der Waals surface area contributed by atoms with Crippen LogP contribution in [0.5, 0.6) is 0 Å². The van der Waals surface area contributed by atoms with E-state index >= 15 is 0 Å². The first-order valence-electron chi connectivity index (χ1n) is 5.46. The molecule has 2 unspecified atom stereocenters.